The van der Waals surface area contributed by atoms with E-state index >= 15 is 0 Å². The molecule has 1 aromatic rings. The van der Waals surface area contributed by atoms with E-state index in [1.54, 1.807) is 0 Å². The van der Waals surface area contributed by atoms with Gasteiger partial charge in [0, 0.05) is 10.0 Å². The summed E-state index contributed by atoms with van der Waals surface area (Å²) in [6.07, 6.45) is 8.29. The molecule has 1 aliphatic carbocycles. The molecule has 1 N–H and O–H groups in total. The van der Waals surface area contributed by atoms with Crippen LogP contribution in [0.1, 0.15) is 63.5 Å². The van der Waals surface area contributed by atoms with Crippen LogP contribution in [0.4, 0.5) is 0 Å². The van der Waals surface area contributed by atoms with E-state index in [2.05, 4.69) is 15.9 Å². The van der Waals surface area contributed by atoms with Crippen LogP contribution >= 0.6 is 15.9 Å². The summed E-state index contributed by atoms with van der Waals surface area (Å²) in [7, 11) is 0. The number of ether oxygens (including phenoxy) is 1. The molecule has 1 saturated carbocycles. The van der Waals surface area contributed by atoms with E-state index in [1.165, 1.54) is 38.5 Å². The molecule has 20 heavy (non-hydrogen) atoms. The number of hydrogen-bond acceptors (Lipinski definition) is 2. The first-order valence-corrected chi connectivity index (χ1v) is 8.60. The molecule has 1 unspecified atom stereocenters. The molecular weight excluding hydrogens is 316 g/mol. The van der Waals surface area contributed by atoms with Crippen molar-refractivity contribution in [3.05, 3.63) is 28.2 Å². The SMILES string of the molecule is CCOc1ccc(Br)cc1C(O)CC1CCCCCC1. The van der Waals surface area contributed by atoms with E-state index < -0.39 is 6.10 Å². The van der Waals surface area contributed by atoms with E-state index in [0.717, 1.165) is 22.2 Å². The van der Waals surface area contributed by atoms with Crippen LogP contribution in [0.5, 0.6) is 5.75 Å². The van der Waals surface area contributed by atoms with Gasteiger partial charge in [-0.2, -0.15) is 0 Å². The minimum absolute atomic E-state index is 0.419. The number of halogens is 1. The molecule has 1 atom stereocenters. The highest BCUT2D eigenvalue weighted by Gasteiger charge is 2.20. The number of rotatable bonds is 5. The van der Waals surface area contributed by atoms with Crippen molar-refractivity contribution in [1.82, 2.24) is 0 Å². The Labute approximate surface area is 130 Å². The fourth-order valence-corrected chi connectivity index (χ4v) is 3.49. The van der Waals surface area contributed by atoms with Crippen molar-refractivity contribution in [3.63, 3.8) is 0 Å². The number of aliphatic hydroxyl groups excluding tert-OH is 1. The van der Waals surface area contributed by atoms with Crippen molar-refractivity contribution >= 4 is 15.9 Å². The molecule has 0 heterocycles. The van der Waals surface area contributed by atoms with Crippen LogP contribution in [0.15, 0.2) is 22.7 Å². The lowest BCUT2D eigenvalue weighted by atomic mass is 9.91. The Morgan fingerprint density at radius 1 is 1.25 bits per heavy atom. The summed E-state index contributed by atoms with van der Waals surface area (Å²) in [5.74, 6) is 1.47. The summed E-state index contributed by atoms with van der Waals surface area (Å²) >= 11 is 3.49. The van der Waals surface area contributed by atoms with E-state index in [-0.39, 0.29) is 0 Å². The second-order valence-electron chi connectivity index (χ2n) is 5.72. The minimum atomic E-state index is -0.419. The maximum atomic E-state index is 10.6. The first-order chi connectivity index (χ1) is 9.70. The molecule has 0 radical (unpaired) electrons. The van der Waals surface area contributed by atoms with Gasteiger partial charge in [0.05, 0.1) is 12.7 Å². The van der Waals surface area contributed by atoms with Crippen LogP contribution in [0.2, 0.25) is 0 Å². The van der Waals surface area contributed by atoms with Crippen LogP contribution in [-0.4, -0.2) is 11.7 Å². The van der Waals surface area contributed by atoms with E-state index in [1.807, 2.05) is 25.1 Å². The highest BCUT2D eigenvalue weighted by Crippen LogP contribution is 2.35. The lowest BCUT2D eigenvalue weighted by Gasteiger charge is -2.21. The van der Waals surface area contributed by atoms with Gasteiger partial charge < -0.3 is 9.84 Å². The second-order valence-corrected chi connectivity index (χ2v) is 6.64. The predicted molar refractivity (Wildman–Crippen MR) is 86.1 cm³/mol. The van der Waals surface area contributed by atoms with Gasteiger partial charge in [-0.15, -0.1) is 0 Å². The largest absolute Gasteiger partial charge is 0.493 e. The maximum Gasteiger partial charge on any atom is 0.125 e. The van der Waals surface area contributed by atoms with Gasteiger partial charge in [-0.3, -0.25) is 0 Å². The van der Waals surface area contributed by atoms with Crippen LogP contribution in [0, 0.1) is 5.92 Å². The first-order valence-electron chi connectivity index (χ1n) is 7.81. The van der Waals surface area contributed by atoms with E-state index in [9.17, 15) is 5.11 Å². The van der Waals surface area contributed by atoms with Crippen molar-refractivity contribution in [2.75, 3.05) is 6.61 Å². The zero-order valence-corrected chi connectivity index (χ0v) is 13.9. The molecule has 0 spiro atoms. The molecule has 2 rings (SSSR count). The zero-order chi connectivity index (χ0) is 14.4. The fourth-order valence-electron chi connectivity index (χ4n) is 3.11. The van der Waals surface area contributed by atoms with Gasteiger partial charge in [-0.05, 0) is 37.5 Å². The summed E-state index contributed by atoms with van der Waals surface area (Å²) in [5.41, 5.74) is 0.922. The van der Waals surface area contributed by atoms with Gasteiger partial charge in [0.1, 0.15) is 5.75 Å². The molecule has 2 nitrogen and oxygen atoms in total. The Kier molecular flexibility index (Phi) is 6.37. The number of benzene rings is 1. The third kappa shape index (κ3) is 4.49. The van der Waals surface area contributed by atoms with E-state index in [0.29, 0.717) is 12.5 Å². The molecule has 0 aliphatic heterocycles. The molecule has 1 aromatic carbocycles. The first kappa shape index (κ1) is 15.8. The Morgan fingerprint density at radius 2 is 1.95 bits per heavy atom. The Morgan fingerprint density at radius 3 is 2.60 bits per heavy atom. The molecule has 0 bridgehead atoms. The van der Waals surface area contributed by atoms with Gasteiger partial charge in [-0.25, -0.2) is 0 Å². The summed E-state index contributed by atoms with van der Waals surface area (Å²) in [6.45, 7) is 2.61. The Balaban J connectivity index is 2.06. The van der Waals surface area contributed by atoms with Gasteiger partial charge in [0.2, 0.25) is 0 Å². The average molecular weight is 341 g/mol. The standard InChI is InChI=1S/C17H25BrO2/c1-2-20-17-10-9-14(18)12-15(17)16(19)11-13-7-5-3-4-6-8-13/h9-10,12-13,16,19H,2-8,11H2,1H3. The van der Waals surface area contributed by atoms with Crippen molar-refractivity contribution in [3.8, 4) is 5.75 Å². The summed E-state index contributed by atoms with van der Waals surface area (Å²) in [5, 5.41) is 10.6. The monoisotopic (exact) mass is 340 g/mol. The van der Waals surface area contributed by atoms with Gasteiger partial charge in [-0.1, -0.05) is 54.5 Å². The summed E-state index contributed by atoms with van der Waals surface area (Å²) in [6, 6.07) is 5.90. The summed E-state index contributed by atoms with van der Waals surface area (Å²) in [4.78, 5) is 0. The van der Waals surface area contributed by atoms with Crippen LogP contribution < -0.4 is 4.74 Å². The minimum Gasteiger partial charge on any atom is -0.493 e. The molecule has 1 aliphatic rings. The third-order valence-electron chi connectivity index (χ3n) is 4.16. The smallest absolute Gasteiger partial charge is 0.125 e. The number of hydrogen-bond donors (Lipinski definition) is 1. The highest BCUT2D eigenvalue weighted by atomic mass is 79.9. The molecular formula is C17H25BrO2. The van der Waals surface area contributed by atoms with Crippen molar-refractivity contribution in [2.24, 2.45) is 5.92 Å². The molecule has 0 saturated heterocycles. The zero-order valence-electron chi connectivity index (χ0n) is 12.3. The van der Waals surface area contributed by atoms with E-state index in [4.69, 9.17) is 4.74 Å². The van der Waals surface area contributed by atoms with Gasteiger partial charge >= 0.3 is 0 Å². The normalized spacial score (nSPS) is 18.6. The van der Waals surface area contributed by atoms with Gasteiger partial charge in [0.25, 0.3) is 0 Å². The summed E-state index contributed by atoms with van der Waals surface area (Å²) < 4.78 is 6.64. The molecule has 0 amide bonds. The Bertz CT molecular complexity index is 411. The van der Waals surface area contributed by atoms with Crippen molar-refractivity contribution < 1.29 is 9.84 Å². The maximum absolute atomic E-state index is 10.6. The van der Waals surface area contributed by atoms with Crippen LogP contribution in [0.25, 0.3) is 0 Å². The second kappa shape index (κ2) is 8.04. The third-order valence-corrected chi connectivity index (χ3v) is 4.66. The van der Waals surface area contributed by atoms with Crippen LogP contribution in [0.3, 0.4) is 0 Å². The van der Waals surface area contributed by atoms with Gasteiger partial charge in [0.15, 0.2) is 0 Å². The predicted octanol–water partition coefficient (Wildman–Crippen LogP) is 5.24. The highest BCUT2D eigenvalue weighted by molar-refractivity contribution is 9.10. The lowest BCUT2D eigenvalue weighted by molar-refractivity contribution is 0.134. The molecule has 0 aromatic heterocycles. The average Bonchev–Trinajstić information content (AvgIpc) is 2.69. The number of aliphatic hydroxyl groups is 1. The van der Waals surface area contributed by atoms with Crippen molar-refractivity contribution in [1.29, 1.82) is 0 Å². The molecule has 112 valence electrons. The quantitative estimate of drug-likeness (QED) is 0.742. The fraction of sp³-hybridized carbons (Fsp3) is 0.647. The molecule has 3 heteroatoms. The molecule has 1 fully saturated rings. The topological polar surface area (TPSA) is 29.5 Å². The Hall–Kier alpha value is -0.540. The lowest BCUT2D eigenvalue weighted by Crippen LogP contribution is -2.09. The van der Waals surface area contributed by atoms with Crippen LogP contribution in [-0.2, 0) is 0 Å². The van der Waals surface area contributed by atoms with Crippen molar-refractivity contribution in [2.45, 2.75) is 58.0 Å².